The molecule has 5 heteroatoms. The van der Waals surface area contributed by atoms with Gasteiger partial charge in [-0.2, -0.15) is 0 Å². The Balaban J connectivity index is 1.77. The molecule has 0 saturated heterocycles. The van der Waals surface area contributed by atoms with E-state index in [-0.39, 0.29) is 0 Å². The van der Waals surface area contributed by atoms with Crippen molar-refractivity contribution in [1.29, 1.82) is 0 Å². The minimum Gasteiger partial charge on any atom is -0.487 e. The van der Waals surface area contributed by atoms with Gasteiger partial charge >= 0.3 is 0 Å². The van der Waals surface area contributed by atoms with E-state index in [1.165, 1.54) is 5.56 Å². The Morgan fingerprint density at radius 1 is 1.32 bits per heavy atom. The smallest absolute Gasteiger partial charge is 0.131 e. The number of hydrogen-bond donors (Lipinski definition) is 2. The van der Waals surface area contributed by atoms with E-state index in [1.54, 1.807) is 11.3 Å². The van der Waals surface area contributed by atoms with Crippen LogP contribution in [0.15, 0.2) is 29.6 Å². The van der Waals surface area contributed by atoms with Gasteiger partial charge in [-0.3, -0.25) is 0 Å². The van der Waals surface area contributed by atoms with Crippen LogP contribution in [0.4, 0.5) is 0 Å². The lowest BCUT2D eigenvalue weighted by Crippen LogP contribution is -2.36. The molecule has 1 atom stereocenters. The van der Waals surface area contributed by atoms with Gasteiger partial charge in [0.2, 0.25) is 0 Å². The maximum absolute atomic E-state index is 9.94. The molecule has 0 bridgehead atoms. The molecule has 0 aliphatic rings. The zero-order chi connectivity index (χ0) is 16.0. The number of nitrogens with zero attached hydrogens (tertiary/aromatic N) is 1. The van der Waals surface area contributed by atoms with Crippen LogP contribution < -0.4 is 10.1 Å². The number of nitrogens with one attached hydrogen (secondary N) is 1. The van der Waals surface area contributed by atoms with E-state index in [0.29, 0.717) is 13.2 Å². The first kappa shape index (κ1) is 16.9. The lowest BCUT2D eigenvalue weighted by molar-refractivity contribution is 0.0555. The number of aliphatic hydroxyl groups is 1. The summed E-state index contributed by atoms with van der Waals surface area (Å²) in [6.45, 7) is 7.65. The highest BCUT2D eigenvalue weighted by atomic mass is 32.1. The van der Waals surface area contributed by atoms with Crippen molar-refractivity contribution in [2.75, 3.05) is 6.54 Å². The van der Waals surface area contributed by atoms with Crippen LogP contribution in [-0.4, -0.2) is 22.2 Å². The normalized spacial score (nSPS) is 13.8. The SMILES string of the molecule is CCC(C)(O)CNCc1ccc(OCc2csc(C)n2)cc1. The van der Waals surface area contributed by atoms with Crippen molar-refractivity contribution < 1.29 is 9.84 Å². The minimum absolute atomic E-state index is 0.501. The van der Waals surface area contributed by atoms with Gasteiger partial charge in [-0.15, -0.1) is 11.3 Å². The largest absolute Gasteiger partial charge is 0.487 e. The quantitative estimate of drug-likeness (QED) is 0.784. The fraction of sp³-hybridized carbons (Fsp3) is 0.471. The second-order valence-corrected chi connectivity index (χ2v) is 6.81. The molecule has 0 spiro atoms. The third kappa shape index (κ3) is 5.40. The van der Waals surface area contributed by atoms with Gasteiger partial charge in [-0.25, -0.2) is 4.98 Å². The maximum atomic E-state index is 9.94. The molecule has 2 N–H and O–H groups in total. The van der Waals surface area contributed by atoms with Gasteiger partial charge in [-0.05, 0) is 38.0 Å². The predicted molar refractivity (Wildman–Crippen MR) is 90.2 cm³/mol. The molecule has 1 heterocycles. The average Bonchev–Trinajstić information content (AvgIpc) is 2.92. The Labute approximate surface area is 136 Å². The van der Waals surface area contributed by atoms with Gasteiger partial charge in [0.25, 0.3) is 0 Å². The Morgan fingerprint density at radius 2 is 2.05 bits per heavy atom. The molecule has 1 unspecified atom stereocenters. The van der Waals surface area contributed by atoms with E-state index >= 15 is 0 Å². The number of thiazole rings is 1. The Bertz CT molecular complexity index is 579. The number of aryl methyl sites for hydroxylation is 1. The molecule has 0 saturated carbocycles. The van der Waals surface area contributed by atoms with Gasteiger partial charge in [0, 0.05) is 18.5 Å². The maximum Gasteiger partial charge on any atom is 0.131 e. The summed E-state index contributed by atoms with van der Waals surface area (Å²) in [5.41, 5.74) is 1.49. The summed E-state index contributed by atoms with van der Waals surface area (Å²) in [5.74, 6) is 0.843. The summed E-state index contributed by atoms with van der Waals surface area (Å²) in [6, 6.07) is 8.01. The Kier molecular flexibility index (Phi) is 5.94. The molecule has 0 aliphatic carbocycles. The fourth-order valence-electron chi connectivity index (χ4n) is 1.94. The van der Waals surface area contributed by atoms with Crippen molar-refractivity contribution >= 4 is 11.3 Å². The van der Waals surface area contributed by atoms with E-state index in [0.717, 1.165) is 29.4 Å². The van der Waals surface area contributed by atoms with Crippen molar-refractivity contribution in [3.63, 3.8) is 0 Å². The summed E-state index contributed by atoms with van der Waals surface area (Å²) in [7, 11) is 0. The van der Waals surface area contributed by atoms with Crippen LogP contribution in [0.2, 0.25) is 0 Å². The molecule has 0 aliphatic heterocycles. The zero-order valence-electron chi connectivity index (χ0n) is 13.4. The monoisotopic (exact) mass is 320 g/mol. The second-order valence-electron chi connectivity index (χ2n) is 5.74. The Hall–Kier alpha value is -1.43. The summed E-state index contributed by atoms with van der Waals surface area (Å²) in [6.07, 6.45) is 0.739. The highest BCUT2D eigenvalue weighted by molar-refractivity contribution is 7.09. The standard InChI is InChI=1S/C17H24N2O2S/c1-4-17(3,20)12-18-9-14-5-7-16(8-6-14)21-10-15-11-22-13(2)19-15/h5-8,11,18,20H,4,9-10,12H2,1-3H3. The second kappa shape index (κ2) is 7.72. The number of rotatable bonds is 8. The number of benzene rings is 1. The van der Waals surface area contributed by atoms with Crippen LogP contribution in [0.3, 0.4) is 0 Å². The summed E-state index contributed by atoms with van der Waals surface area (Å²) in [4.78, 5) is 4.37. The highest BCUT2D eigenvalue weighted by Crippen LogP contribution is 2.15. The molecule has 120 valence electrons. The molecule has 0 fully saturated rings. The molecule has 1 aromatic heterocycles. The van der Waals surface area contributed by atoms with Crippen LogP contribution in [0.1, 0.15) is 36.5 Å². The molecular weight excluding hydrogens is 296 g/mol. The van der Waals surface area contributed by atoms with Crippen LogP contribution in [0.5, 0.6) is 5.75 Å². The zero-order valence-corrected chi connectivity index (χ0v) is 14.2. The van der Waals surface area contributed by atoms with E-state index in [9.17, 15) is 5.11 Å². The van der Waals surface area contributed by atoms with Gasteiger partial charge in [0.05, 0.1) is 16.3 Å². The summed E-state index contributed by atoms with van der Waals surface area (Å²) in [5, 5.41) is 16.3. The first-order chi connectivity index (χ1) is 10.5. The van der Waals surface area contributed by atoms with Gasteiger partial charge in [0.1, 0.15) is 12.4 Å². The first-order valence-electron chi connectivity index (χ1n) is 7.54. The average molecular weight is 320 g/mol. The van der Waals surface area contributed by atoms with E-state index in [2.05, 4.69) is 10.3 Å². The molecule has 0 radical (unpaired) electrons. The Morgan fingerprint density at radius 3 is 2.64 bits per heavy atom. The van der Waals surface area contributed by atoms with E-state index in [4.69, 9.17) is 4.74 Å². The first-order valence-corrected chi connectivity index (χ1v) is 8.42. The van der Waals surface area contributed by atoms with Gasteiger partial charge in [0.15, 0.2) is 0 Å². The van der Waals surface area contributed by atoms with Crippen molar-refractivity contribution in [1.82, 2.24) is 10.3 Å². The third-order valence-corrected chi connectivity index (χ3v) is 4.40. The van der Waals surface area contributed by atoms with Gasteiger partial charge < -0.3 is 15.2 Å². The lowest BCUT2D eigenvalue weighted by Gasteiger charge is -2.21. The molecule has 2 aromatic rings. The molecule has 1 aromatic carbocycles. The molecule has 22 heavy (non-hydrogen) atoms. The van der Waals surface area contributed by atoms with E-state index in [1.807, 2.05) is 50.4 Å². The summed E-state index contributed by atoms with van der Waals surface area (Å²) < 4.78 is 5.72. The molecule has 2 rings (SSSR count). The van der Waals surface area contributed by atoms with Crippen LogP contribution in [-0.2, 0) is 13.2 Å². The highest BCUT2D eigenvalue weighted by Gasteiger charge is 2.16. The molecule has 0 amide bonds. The minimum atomic E-state index is -0.644. The molecular formula is C17H24N2O2S. The van der Waals surface area contributed by atoms with Gasteiger partial charge in [-0.1, -0.05) is 19.1 Å². The van der Waals surface area contributed by atoms with Crippen LogP contribution >= 0.6 is 11.3 Å². The van der Waals surface area contributed by atoms with Crippen molar-refractivity contribution in [2.45, 2.75) is 45.9 Å². The van der Waals surface area contributed by atoms with E-state index < -0.39 is 5.60 Å². The van der Waals surface area contributed by atoms with Crippen LogP contribution in [0.25, 0.3) is 0 Å². The van der Waals surface area contributed by atoms with Crippen molar-refractivity contribution in [3.05, 3.63) is 45.9 Å². The van der Waals surface area contributed by atoms with Crippen molar-refractivity contribution in [2.24, 2.45) is 0 Å². The number of ether oxygens (including phenoxy) is 1. The number of hydrogen-bond acceptors (Lipinski definition) is 5. The summed E-state index contributed by atoms with van der Waals surface area (Å²) >= 11 is 1.63. The molecule has 4 nitrogen and oxygen atoms in total. The fourth-order valence-corrected chi connectivity index (χ4v) is 2.53. The number of aromatic nitrogens is 1. The predicted octanol–water partition coefficient (Wildman–Crippen LogP) is 3.28. The van der Waals surface area contributed by atoms with Crippen molar-refractivity contribution in [3.8, 4) is 5.75 Å². The topological polar surface area (TPSA) is 54.4 Å². The van der Waals surface area contributed by atoms with Crippen LogP contribution in [0, 0.1) is 6.92 Å². The lowest BCUT2D eigenvalue weighted by atomic mass is 10.0. The third-order valence-electron chi connectivity index (χ3n) is 3.57.